The fraction of sp³-hybridized carbons (Fsp3) is 0.250. The van der Waals surface area contributed by atoms with Crippen LogP contribution in [0, 0.1) is 5.82 Å². The summed E-state index contributed by atoms with van der Waals surface area (Å²) in [6.07, 6.45) is 1.60. The number of aromatic nitrogens is 1. The van der Waals surface area contributed by atoms with E-state index < -0.39 is 12.0 Å². The second-order valence-corrected chi connectivity index (χ2v) is 3.66. The van der Waals surface area contributed by atoms with Crippen molar-refractivity contribution in [3.8, 4) is 0 Å². The topological polar surface area (TPSA) is 68.1 Å². The highest BCUT2D eigenvalue weighted by Crippen LogP contribution is 2.24. The van der Waals surface area contributed by atoms with Crippen molar-refractivity contribution in [1.82, 2.24) is 4.98 Å². The Bertz CT molecular complexity index is 550. The smallest absolute Gasteiger partial charge is 0.327 e. The van der Waals surface area contributed by atoms with Crippen LogP contribution in [0.4, 0.5) is 4.39 Å². The van der Waals surface area contributed by atoms with Gasteiger partial charge in [0.1, 0.15) is 11.9 Å². The van der Waals surface area contributed by atoms with Gasteiger partial charge in [0.25, 0.3) is 0 Å². The quantitative estimate of drug-likeness (QED) is 0.799. The first kappa shape index (κ1) is 11.6. The third kappa shape index (κ3) is 2.14. The van der Waals surface area contributed by atoms with Gasteiger partial charge in [0.15, 0.2) is 0 Å². The number of benzene rings is 1. The molecule has 4 nitrogen and oxygen atoms in total. The molecule has 17 heavy (non-hydrogen) atoms. The Balaban J connectivity index is 2.39. The molecule has 2 aromatic rings. The number of carbonyl (C=O) groups is 1. The number of aromatic amines is 1. The van der Waals surface area contributed by atoms with E-state index in [1.165, 1.54) is 12.1 Å². The molecule has 0 aliphatic carbocycles. The molecular formula is C12H13FN2O2. The average molecular weight is 236 g/mol. The van der Waals surface area contributed by atoms with Crippen molar-refractivity contribution in [2.45, 2.75) is 13.0 Å². The molecule has 2 rings (SSSR count). The molecule has 0 fully saturated rings. The Hall–Kier alpha value is -1.88. The summed E-state index contributed by atoms with van der Waals surface area (Å²) in [6.45, 7) is 2.00. The molecule has 90 valence electrons. The van der Waals surface area contributed by atoms with Crippen molar-refractivity contribution in [2.24, 2.45) is 5.73 Å². The third-order valence-electron chi connectivity index (χ3n) is 2.55. The van der Waals surface area contributed by atoms with Crippen LogP contribution in [0.5, 0.6) is 0 Å². The number of nitrogens with one attached hydrogen (secondary N) is 1. The summed E-state index contributed by atoms with van der Waals surface area (Å²) in [7, 11) is 0. The fourth-order valence-corrected chi connectivity index (χ4v) is 1.74. The molecule has 0 amide bonds. The summed E-state index contributed by atoms with van der Waals surface area (Å²) in [4.78, 5) is 14.4. The highest BCUT2D eigenvalue weighted by molar-refractivity contribution is 5.89. The number of H-pyrrole nitrogens is 1. The molecule has 0 aliphatic heterocycles. The predicted octanol–water partition coefficient (Wildman–Crippen LogP) is 1.87. The molecule has 1 atom stereocenters. The summed E-state index contributed by atoms with van der Waals surface area (Å²) in [5.41, 5.74) is 7.01. The number of nitrogens with two attached hydrogens (primary N) is 1. The lowest BCUT2D eigenvalue weighted by Gasteiger charge is -2.09. The zero-order chi connectivity index (χ0) is 12.4. The molecule has 1 aromatic carbocycles. The van der Waals surface area contributed by atoms with Crippen LogP contribution in [-0.4, -0.2) is 17.6 Å². The first-order valence-corrected chi connectivity index (χ1v) is 5.32. The van der Waals surface area contributed by atoms with Gasteiger partial charge in [-0.05, 0) is 25.1 Å². The van der Waals surface area contributed by atoms with E-state index in [4.69, 9.17) is 10.5 Å². The lowest BCUT2D eigenvalue weighted by Crippen LogP contribution is -2.23. The minimum Gasteiger partial charge on any atom is -0.465 e. The molecule has 0 saturated heterocycles. The Labute approximate surface area is 97.6 Å². The first-order valence-electron chi connectivity index (χ1n) is 5.32. The SMILES string of the molecule is CCOC(=O)[C@@H](N)c1c[nH]c2cc(F)ccc12. The number of esters is 1. The van der Waals surface area contributed by atoms with Gasteiger partial charge in [-0.1, -0.05) is 0 Å². The number of rotatable bonds is 3. The Morgan fingerprint density at radius 1 is 1.59 bits per heavy atom. The van der Waals surface area contributed by atoms with E-state index in [1.54, 1.807) is 19.2 Å². The molecular weight excluding hydrogens is 223 g/mol. The first-order chi connectivity index (χ1) is 8.13. The van der Waals surface area contributed by atoms with Gasteiger partial charge in [-0.25, -0.2) is 9.18 Å². The van der Waals surface area contributed by atoms with Gasteiger partial charge < -0.3 is 15.5 Å². The summed E-state index contributed by atoms with van der Waals surface area (Å²) in [5.74, 6) is -0.826. The van der Waals surface area contributed by atoms with E-state index >= 15 is 0 Å². The average Bonchev–Trinajstić information content (AvgIpc) is 2.71. The van der Waals surface area contributed by atoms with Gasteiger partial charge in [-0.3, -0.25) is 0 Å². The number of halogens is 1. The highest BCUT2D eigenvalue weighted by atomic mass is 19.1. The van der Waals surface area contributed by atoms with Crippen molar-refractivity contribution < 1.29 is 13.9 Å². The molecule has 1 heterocycles. The number of hydrogen-bond acceptors (Lipinski definition) is 3. The molecule has 1 aromatic heterocycles. The lowest BCUT2D eigenvalue weighted by molar-refractivity contribution is -0.144. The third-order valence-corrected chi connectivity index (χ3v) is 2.55. The Kier molecular flexibility index (Phi) is 3.10. The predicted molar refractivity (Wildman–Crippen MR) is 61.8 cm³/mol. The van der Waals surface area contributed by atoms with Gasteiger partial charge in [-0.15, -0.1) is 0 Å². The molecule has 0 saturated carbocycles. The molecule has 3 N–H and O–H groups in total. The van der Waals surface area contributed by atoms with Crippen LogP contribution >= 0.6 is 0 Å². The molecule has 0 aliphatic rings. The number of carbonyl (C=O) groups excluding carboxylic acids is 1. The van der Waals surface area contributed by atoms with Gasteiger partial charge in [-0.2, -0.15) is 0 Å². The van der Waals surface area contributed by atoms with Crippen molar-refractivity contribution >= 4 is 16.9 Å². The van der Waals surface area contributed by atoms with Gasteiger partial charge in [0.2, 0.25) is 0 Å². The molecule has 0 spiro atoms. The molecule has 5 heteroatoms. The van der Waals surface area contributed by atoms with Gasteiger partial charge >= 0.3 is 5.97 Å². The van der Waals surface area contributed by atoms with Gasteiger partial charge in [0.05, 0.1) is 6.61 Å². The van der Waals surface area contributed by atoms with Crippen molar-refractivity contribution in [3.63, 3.8) is 0 Å². The summed E-state index contributed by atoms with van der Waals surface area (Å²) in [6, 6.07) is 3.43. The van der Waals surface area contributed by atoms with E-state index in [1.807, 2.05) is 0 Å². The van der Waals surface area contributed by atoms with E-state index in [-0.39, 0.29) is 12.4 Å². The maximum atomic E-state index is 13.0. The van der Waals surface area contributed by atoms with Crippen LogP contribution in [0.3, 0.4) is 0 Å². The van der Waals surface area contributed by atoms with Crippen molar-refractivity contribution in [1.29, 1.82) is 0 Å². The number of hydrogen-bond donors (Lipinski definition) is 2. The minimum atomic E-state index is -0.853. The second kappa shape index (κ2) is 4.55. The van der Waals surface area contributed by atoms with Crippen LogP contribution in [0.1, 0.15) is 18.5 Å². The number of ether oxygens (including phenoxy) is 1. The maximum absolute atomic E-state index is 13.0. The second-order valence-electron chi connectivity index (χ2n) is 3.66. The van der Waals surface area contributed by atoms with Gasteiger partial charge in [0, 0.05) is 22.7 Å². The van der Waals surface area contributed by atoms with Crippen LogP contribution in [0.2, 0.25) is 0 Å². The van der Waals surface area contributed by atoms with E-state index in [9.17, 15) is 9.18 Å². The van der Waals surface area contributed by atoms with Crippen LogP contribution < -0.4 is 5.73 Å². The van der Waals surface area contributed by atoms with Crippen molar-refractivity contribution in [3.05, 3.63) is 35.8 Å². The maximum Gasteiger partial charge on any atom is 0.327 e. The summed E-state index contributed by atoms with van der Waals surface area (Å²) < 4.78 is 17.8. The Morgan fingerprint density at radius 3 is 3.06 bits per heavy atom. The summed E-state index contributed by atoms with van der Waals surface area (Å²) in [5, 5.41) is 0.729. The minimum absolute atomic E-state index is 0.281. The highest BCUT2D eigenvalue weighted by Gasteiger charge is 2.20. The lowest BCUT2D eigenvalue weighted by atomic mass is 10.1. The largest absolute Gasteiger partial charge is 0.465 e. The van der Waals surface area contributed by atoms with Crippen LogP contribution in [-0.2, 0) is 9.53 Å². The Morgan fingerprint density at radius 2 is 2.35 bits per heavy atom. The normalized spacial score (nSPS) is 12.6. The van der Waals surface area contributed by atoms with E-state index in [2.05, 4.69) is 4.98 Å². The van der Waals surface area contributed by atoms with Crippen LogP contribution in [0.15, 0.2) is 24.4 Å². The summed E-state index contributed by atoms with van der Waals surface area (Å²) >= 11 is 0. The van der Waals surface area contributed by atoms with E-state index in [0.29, 0.717) is 11.1 Å². The monoisotopic (exact) mass is 236 g/mol. The molecule has 0 unspecified atom stereocenters. The van der Waals surface area contributed by atoms with E-state index in [0.717, 1.165) is 5.39 Å². The standard InChI is InChI=1S/C12H13FN2O2/c1-2-17-12(16)11(14)9-6-15-10-5-7(13)3-4-8(9)10/h3-6,11,15H,2,14H2,1H3/t11-/m0/s1. The molecule has 0 bridgehead atoms. The fourth-order valence-electron chi connectivity index (χ4n) is 1.74. The van der Waals surface area contributed by atoms with Crippen LogP contribution in [0.25, 0.3) is 10.9 Å². The molecule has 0 radical (unpaired) electrons. The zero-order valence-corrected chi connectivity index (χ0v) is 9.37. The zero-order valence-electron chi connectivity index (χ0n) is 9.37. The number of fused-ring (bicyclic) bond motifs is 1. The van der Waals surface area contributed by atoms with Crippen molar-refractivity contribution in [2.75, 3.05) is 6.61 Å².